The number of allylic oxidation sites excluding steroid dienone is 1. The van der Waals surface area contributed by atoms with E-state index >= 15 is 0 Å². The van der Waals surface area contributed by atoms with E-state index in [1.165, 1.54) is 25.7 Å². The number of hydrogen-bond donors (Lipinski definition) is 1. The molecule has 18 heavy (non-hydrogen) atoms. The van der Waals surface area contributed by atoms with Gasteiger partial charge in [0.25, 0.3) is 0 Å². The minimum Gasteiger partial charge on any atom is -0.337 e. The first-order valence-electron chi connectivity index (χ1n) is 7.11. The lowest BCUT2D eigenvalue weighted by Gasteiger charge is -2.18. The lowest BCUT2D eigenvalue weighted by atomic mass is 10.1. The zero-order valence-corrected chi connectivity index (χ0v) is 11.9. The SMILES string of the molecule is C=CCCCCCC(NCCC)c1nccn1C. The van der Waals surface area contributed by atoms with Gasteiger partial charge in [0.1, 0.15) is 5.82 Å². The van der Waals surface area contributed by atoms with Crippen LogP contribution in [0.25, 0.3) is 0 Å². The van der Waals surface area contributed by atoms with Gasteiger partial charge in [-0.3, -0.25) is 0 Å². The Bertz CT molecular complexity index is 330. The van der Waals surface area contributed by atoms with Crippen molar-refractivity contribution >= 4 is 0 Å². The molecule has 0 spiro atoms. The number of unbranched alkanes of at least 4 members (excludes halogenated alkanes) is 3. The van der Waals surface area contributed by atoms with E-state index in [2.05, 4.69) is 35.4 Å². The highest BCUT2D eigenvalue weighted by Gasteiger charge is 2.14. The first-order valence-corrected chi connectivity index (χ1v) is 7.11. The second-order valence-electron chi connectivity index (χ2n) is 4.83. The Balaban J connectivity index is 2.41. The van der Waals surface area contributed by atoms with Crippen LogP contribution in [0.4, 0.5) is 0 Å². The first kappa shape index (κ1) is 15.0. The van der Waals surface area contributed by atoms with E-state index in [1.54, 1.807) is 0 Å². The Morgan fingerprint density at radius 1 is 1.44 bits per heavy atom. The molecule has 0 aliphatic carbocycles. The molecule has 0 aliphatic rings. The molecule has 1 unspecified atom stereocenters. The summed E-state index contributed by atoms with van der Waals surface area (Å²) in [6.07, 6.45) is 13.2. The molecule has 102 valence electrons. The van der Waals surface area contributed by atoms with Crippen molar-refractivity contribution in [1.29, 1.82) is 0 Å². The van der Waals surface area contributed by atoms with Crippen LogP contribution in [0, 0.1) is 0 Å². The molecular weight excluding hydrogens is 222 g/mol. The molecule has 1 heterocycles. The first-order chi connectivity index (χ1) is 8.79. The van der Waals surface area contributed by atoms with Gasteiger partial charge in [0.15, 0.2) is 0 Å². The van der Waals surface area contributed by atoms with E-state index in [-0.39, 0.29) is 0 Å². The topological polar surface area (TPSA) is 29.9 Å². The third kappa shape index (κ3) is 5.05. The Morgan fingerprint density at radius 3 is 2.89 bits per heavy atom. The fraction of sp³-hybridized carbons (Fsp3) is 0.667. The number of rotatable bonds is 10. The summed E-state index contributed by atoms with van der Waals surface area (Å²) in [5.74, 6) is 1.16. The molecule has 1 aromatic heterocycles. The molecule has 0 radical (unpaired) electrons. The molecule has 0 saturated carbocycles. The Hall–Kier alpha value is -1.09. The van der Waals surface area contributed by atoms with Gasteiger partial charge < -0.3 is 9.88 Å². The maximum absolute atomic E-state index is 4.47. The normalized spacial score (nSPS) is 12.6. The van der Waals surface area contributed by atoms with Crippen LogP contribution in [0.3, 0.4) is 0 Å². The van der Waals surface area contributed by atoms with Crippen LogP contribution in [0.5, 0.6) is 0 Å². The Morgan fingerprint density at radius 2 is 2.28 bits per heavy atom. The van der Waals surface area contributed by atoms with Gasteiger partial charge in [-0.15, -0.1) is 6.58 Å². The zero-order chi connectivity index (χ0) is 13.2. The standard InChI is InChI=1S/C15H27N3/c1-4-6-7-8-9-10-14(16-11-5-2)15-17-12-13-18(15)3/h4,12-14,16H,1,5-11H2,2-3H3. The van der Waals surface area contributed by atoms with E-state index in [9.17, 15) is 0 Å². The number of aryl methyl sites for hydroxylation is 1. The molecule has 1 N–H and O–H groups in total. The highest BCUT2D eigenvalue weighted by molar-refractivity contribution is 4.98. The number of hydrogen-bond acceptors (Lipinski definition) is 2. The summed E-state index contributed by atoms with van der Waals surface area (Å²) in [5, 5.41) is 3.60. The highest BCUT2D eigenvalue weighted by atomic mass is 15.1. The number of aromatic nitrogens is 2. The second kappa shape index (κ2) is 8.92. The number of nitrogens with one attached hydrogen (secondary N) is 1. The fourth-order valence-corrected chi connectivity index (χ4v) is 2.17. The molecule has 1 rings (SSSR count). The maximum Gasteiger partial charge on any atom is 0.125 e. The molecular formula is C15H27N3. The molecule has 0 aliphatic heterocycles. The predicted octanol–water partition coefficient (Wildman–Crippen LogP) is 3.60. The van der Waals surface area contributed by atoms with Gasteiger partial charge in [0.05, 0.1) is 6.04 Å². The van der Waals surface area contributed by atoms with Crippen LogP contribution in [0.2, 0.25) is 0 Å². The minimum absolute atomic E-state index is 0.397. The van der Waals surface area contributed by atoms with Crippen LogP contribution < -0.4 is 5.32 Å². The zero-order valence-electron chi connectivity index (χ0n) is 11.9. The molecule has 0 aromatic carbocycles. The predicted molar refractivity (Wildman–Crippen MR) is 77.5 cm³/mol. The Kier molecular flexibility index (Phi) is 7.42. The van der Waals surface area contributed by atoms with Crippen molar-refractivity contribution in [2.75, 3.05) is 6.54 Å². The summed E-state index contributed by atoms with van der Waals surface area (Å²) < 4.78 is 2.12. The number of imidazole rings is 1. The second-order valence-corrected chi connectivity index (χ2v) is 4.83. The molecule has 1 atom stereocenters. The van der Waals surface area contributed by atoms with Crippen molar-refractivity contribution in [3.05, 3.63) is 30.9 Å². The van der Waals surface area contributed by atoms with E-state index in [0.717, 1.165) is 25.2 Å². The average molecular weight is 249 g/mol. The summed E-state index contributed by atoms with van der Waals surface area (Å²) in [6, 6.07) is 0.397. The van der Waals surface area contributed by atoms with E-state index in [1.807, 2.05) is 18.5 Å². The third-order valence-electron chi connectivity index (χ3n) is 3.21. The van der Waals surface area contributed by atoms with Crippen molar-refractivity contribution in [2.45, 2.75) is 51.5 Å². The minimum atomic E-state index is 0.397. The Labute approximate surface area is 111 Å². The summed E-state index contributed by atoms with van der Waals surface area (Å²) >= 11 is 0. The average Bonchev–Trinajstić information content (AvgIpc) is 2.79. The lowest BCUT2D eigenvalue weighted by molar-refractivity contribution is 0.444. The van der Waals surface area contributed by atoms with Crippen molar-refractivity contribution < 1.29 is 0 Å². The smallest absolute Gasteiger partial charge is 0.125 e. The van der Waals surface area contributed by atoms with Crippen molar-refractivity contribution in [3.8, 4) is 0 Å². The van der Waals surface area contributed by atoms with Crippen LogP contribution in [-0.2, 0) is 7.05 Å². The largest absolute Gasteiger partial charge is 0.337 e. The molecule has 0 fully saturated rings. The molecule has 3 nitrogen and oxygen atoms in total. The molecule has 0 bridgehead atoms. The van der Waals surface area contributed by atoms with Crippen LogP contribution >= 0.6 is 0 Å². The maximum atomic E-state index is 4.47. The van der Waals surface area contributed by atoms with Crippen molar-refractivity contribution in [2.24, 2.45) is 7.05 Å². The van der Waals surface area contributed by atoms with Gasteiger partial charge in [-0.1, -0.05) is 25.8 Å². The highest BCUT2D eigenvalue weighted by Crippen LogP contribution is 2.18. The van der Waals surface area contributed by atoms with Crippen LogP contribution in [0.15, 0.2) is 25.0 Å². The monoisotopic (exact) mass is 249 g/mol. The molecule has 0 amide bonds. The van der Waals surface area contributed by atoms with Gasteiger partial charge >= 0.3 is 0 Å². The summed E-state index contributed by atoms with van der Waals surface area (Å²) in [5.41, 5.74) is 0. The van der Waals surface area contributed by atoms with Gasteiger partial charge in [-0.05, 0) is 32.2 Å². The molecule has 1 aromatic rings. The van der Waals surface area contributed by atoms with E-state index in [0.29, 0.717) is 6.04 Å². The molecule has 3 heteroatoms. The van der Waals surface area contributed by atoms with Crippen LogP contribution in [-0.4, -0.2) is 16.1 Å². The summed E-state index contributed by atoms with van der Waals surface area (Å²) in [4.78, 5) is 4.47. The van der Waals surface area contributed by atoms with Crippen LogP contribution in [0.1, 0.15) is 57.3 Å². The van der Waals surface area contributed by atoms with E-state index < -0.39 is 0 Å². The van der Waals surface area contributed by atoms with Crippen molar-refractivity contribution in [1.82, 2.24) is 14.9 Å². The van der Waals surface area contributed by atoms with Gasteiger partial charge in [-0.2, -0.15) is 0 Å². The summed E-state index contributed by atoms with van der Waals surface area (Å²) in [6.45, 7) is 7.02. The van der Waals surface area contributed by atoms with Gasteiger partial charge in [0, 0.05) is 19.4 Å². The van der Waals surface area contributed by atoms with Crippen molar-refractivity contribution in [3.63, 3.8) is 0 Å². The number of nitrogens with zero attached hydrogens (tertiary/aromatic N) is 2. The fourth-order valence-electron chi connectivity index (χ4n) is 2.17. The van der Waals surface area contributed by atoms with Gasteiger partial charge in [-0.25, -0.2) is 4.98 Å². The molecule has 0 saturated heterocycles. The van der Waals surface area contributed by atoms with E-state index in [4.69, 9.17) is 0 Å². The lowest BCUT2D eigenvalue weighted by Crippen LogP contribution is -2.24. The quantitative estimate of drug-likeness (QED) is 0.507. The van der Waals surface area contributed by atoms with Gasteiger partial charge in [0.2, 0.25) is 0 Å². The third-order valence-corrected chi connectivity index (χ3v) is 3.21. The summed E-state index contributed by atoms with van der Waals surface area (Å²) in [7, 11) is 2.07.